The van der Waals surface area contributed by atoms with E-state index in [0.29, 0.717) is 42.9 Å². The Bertz CT molecular complexity index is 1060. The van der Waals surface area contributed by atoms with E-state index in [1.54, 1.807) is 6.07 Å². The minimum absolute atomic E-state index is 0.0992. The summed E-state index contributed by atoms with van der Waals surface area (Å²) in [6, 6.07) is 5.15. The topological polar surface area (TPSA) is 78.9 Å². The molecular formula is C21H28ClN5O3S. The van der Waals surface area contributed by atoms with Gasteiger partial charge in [-0.25, -0.2) is 13.4 Å². The van der Waals surface area contributed by atoms with E-state index in [9.17, 15) is 8.42 Å². The number of aryl methyl sites for hydroxylation is 2. The fourth-order valence-corrected chi connectivity index (χ4v) is 5.87. The number of benzene rings is 1. The lowest BCUT2D eigenvalue weighted by atomic mass is 10.2. The highest BCUT2D eigenvalue weighted by molar-refractivity contribution is 7.89. The van der Waals surface area contributed by atoms with E-state index in [-0.39, 0.29) is 4.90 Å². The summed E-state index contributed by atoms with van der Waals surface area (Å²) < 4.78 is 33.4. The lowest BCUT2D eigenvalue weighted by molar-refractivity contribution is 0.372. The van der Waals surface area contributed by atoms with Gasteiger partial charge in [0.2, 0.25) is 16.0 Å². The van der Waals surface area contributed by atoms with Crippen molar-refractivity contribution in [2.24, 2.45) is 0 Å². The van der Waals surface area contributed by atoms with Crippen molar-refractivity contribution in [3.8, 4) is 5.75 Å². The molecule has 0 aliphatic carbocycles. The number of hydrogen-bond donors (Lipinski definition) is 0. The average molecular weight is 466 g/mol. The molecule has 2 saturated heterocycles. The number of anilines is 2. The first kappa shape index (κ1) is 22.1. The van der Waals surface area contributed by atoms with Crippen molar-refractivity contribution in [3.63, 3.8) is 0 Å². The molecule has 2 aliphatic heterocycles. The smallest absolute Gasteiger partial charge is 0.246 e. The summed E-state index contributed by atoms with van der Waals surface area (Å²) in [6.45, 7) is 7.54. The van der Waals surface area contributed by atoms with E-state index in [4.69, 9.17) is 21.3 Å². The van der Waals surface area contributed by atoms with Crippen LogP contribution in [0.5, 0.6) is 5.75 Å². The maximum absolute atomic E-state index is 13.3. The molecule has 0 N–H and O–H groups in total. The van der Waals surface area contributed by atoms with Crippen LogP contribution >= 0.6 is 11.6 Å². The van der Waals surface area contributed by atoms with Gasteiger partial charge in [0, 0.05) is 56.1 Å². The zero-order valence-corrected chi connectivity index (χ0v) is 19.7. The number of ether oxygens (including phenoxy) is 1. The Morgan fingerprint density at radius 2 is 1.61 bits per heavy atom. The molecule has 0 saturated carbocycles. The maximum atomic E-state index is 13.3. The van der Waals surface area contributed by atoms with Gasteiger partial charge in [0.25, 0.3) is 0 Å². The largest absolute Gasteiger partial charge is 0.495 e. The van der Waals surface area contributed by atoms with Gasteiger partial charge in [0.05, 0.1) is 7.11 Å². The summed E-state index contributed by atoms with van der Waals surface area (Å²) >= 11 is 6.21. The molecule has 2 fully saturated rings. The van der Waals surface area contributed by atoms with Crippen LogP contribution in [0.3, 0.4) is 0 Å². The van der Waals surface area contributed by atoms with Crippen LogP contribution in [0.1, 0.15) is 24.1 Å². The molecule has 2 aliphatic rings. The molecule has 31 heavy (non-hydrogen) atoms. The van der Waals surface area contributed by atoms with Crippen LogP contribution in [0.2, 0.25) is 5.02 Å². The lowest BCUT2D eigenvalue weighted by Crippen LogP contribution is -2.49. The van der Waals surface area contributed by atoms with Gasteiger partial charge in [-0.2, -0.15) is 9.29 Å². The molecule has 168 valence electrons. The van der Waals surface area contributed by atoms with E-state index in [0.717, 1.165) is 30.2 Å². The molecule has 0 amide bonds. The Labute approximate surface area is 188 Å². The van der Waals surface area contributed by atoms with Crippen LogP contribution in [0.4, 0.5) is 11.8 Å². The van der Waals surface area contributed by atoms with Gasteiger partial charge in [-0.05, 0) is 44.4 Å². The number of rotatable bonds is 5. The predicted molar refractivity (Wildman–Crippen MR) is 122 cm³/mol. The van der Waals surface area contributed by atoms with Gasteiger partial charge in [-0.15, -0.1) is 0 Å². The Morgan fingerprint density at radius 1 is 0.935 bits per heavy atom. The van der Waals surface area contributed by atoms with E-state index < -0.39 is 10.0 Å². The number of hydrogen-bond acceptors (Lipinski definition) is 7. The van der Waals surface area contributed by atoms with Crippen LogP contribution in [0, 0.1) is 13.8 Å². The first-order chi connectivity index (χ1) is 14.8. The fraction of sp³-hybridized carbons (Fsp3) is 0.524. The maximum Gasteiger partial charge on any atom is 0.246 e. The van der Waals surface area contributed by atoms with E-state index in [2.05, 4.69) is 14.8 Å². The molecular weight excluding hydrogens is 438 g/mol. The molecule has 0 unspecified atom stereocenters. The first-order valence-electron chi connectivity index (χ1n) is 10.5. The van der Waals surface area contributed by atoms with E-state index in [1.165, 1.54) is 30.3 Å². The highest BCUT2D eigenvalue weighted by atomic mass is 35.5. The second-order valence-electron chi connectivity index (χ2n) is 8.01. The van der Waals surface area contributed by atoms with Gasteiger partial charge < -0.3 is 14.5 Å². The Morgan fingerprint density at radius 3 is 2.26 bits per heavy atom. The number of nitrogens with zero attached hydrogens (tertiary/aromatic N) is 5. The van der Waals surface area contributed by atoms with Crippen molar-refractivity contribution >= 4 is 33.4 Å². The summed E-state index contributed by atoms with van der Waals surface area (Å²) in [5, 5.41) is 0.403. The van der Waals surface area contributed by atoms with Gasteiger partial charge in [0.1, 0.15) is 16.5 Å². The standard InChI is InChI=1S/C21H28ClN5O3S/c1-15-12-18(30-3)19(14-17(15)22)31(28,29)27-10-8-26(9-11-27)21-23-16(2)13-20(24-21)25-6-4-5-7-25/h12-14H,4-11H2,1-3H3. The van der Waals surface area contributed by atoms with Crippen LogP contribution in [-0.4, -0.2) is 69.1 Å². The Hall–Kier alpha value is -2.10. The summed E-state index contributed by atoms with van der Waals surface area (Å²) in [6.07, 6.45) is 2.36. The highest BCUT2D eigenvalue weighted by Crippen LogP contribution is 2.33. The predicted octanol–water partition coefficient (Wildman–Crippen LogP) is 2.87. The molecule has 1 aromatic carbocycles. The van der Waals surface area contributed by atoms with Gasteiger partial charge in [-0.1, -0.05) is 11.6 Å². The molecule has 2 aromatic rings. The zero-order valence-electron chi connectivity index (χ0n) is 18.1. The molecule has 0 radical (unpaired) electrons. The van der Waals surface area contributed by atoms with Crippen LogP contribution in [-0.2, 0) is 10.0 Å². The quantitative estimate of drug-likeness (QED) is 0.671. The number of methoxy groups -OCH3 is 1. The van der Waals surface area contributed by atoms with Crippen molar-refractivity contribution in [1.82, 2.24) is 14.3 Å². The first-order valence-corrected chi connectivity index (χ1v) is 12.3. The highest BCUT2D eigenvalue weighted by Gasteiger charge is 2.32. The molecule has 8 nitrogen and oxygen atoms in total. The van der Waals surface area contributed by atoms with Crippen molar-refractivity contribution in [1.29, 1.82) is 0 Å². The van der Waals surface area contributed by atoms with Crippen LogP contribution in [0.15, 0.2) is 23.1 Å². The zero-order chi connectivity index (χ0) is 22.2. The van der Waals surface area contributed by atoms with Crippen molar-refractivity contribution in [2.75, 3.05) is 56.2 Å². The Balaban J connectivity index is 1.52. The van der Waals surface area contributed by atoms with E-state index in [1.807, 2.05) is 19.9 Å². The number of sulfonamides is 1. The third kappa shape index (κ3) is 4.44. The minimum Gasteiger partial charge on any atom is -0.495 e. The number of piperazine rings is 1. The van der Waals surface area contributed by atoms with Crippen LogP contribution in [0.25, 0.3) is 0 Å². The third-order valence-electron chi connectivity index (χ3n) is 5.84. The van der Waals surface area contributed by atoms with Crippen molar-refractivity contribution < 1.29 is 13.2 Å². The van der Waals surface area contributed by atoms with Crippen molar-refractivity contribution in [3.05, 3.63) is 34.5 Å². The Kier molecular flexibility index (Phi) is 6.27. The summed E-state index contributed by atoms with van der Waals surface area (Å²) in [4.78, 5) is 13.8. The van der Waals surface area contributed by atoms with E-state index >= 15 is 0 Å². The van der Waals surface area contributed by atoms with Crippen molar-refractivity contribution in [2.45, 2.75) is 31.6 Å². The summed E-state index contributed by atoms with van der Waals surface area (Å²) in [7, 11) is -2.27. The molecule has 4 rings (SSSR count). The number of aromatic nitrogens is 2. The molecule has 1 aromatic heterocycles. The normalized spacial score (nSPS) is 17.9. The molecule has 10 heteroatoms. The summed E-state index contributed by atoms with van der Waals surface area (Å²) in [5.74, 6) is 1.92. The molecule has 3 heterocycles. The molecule has 0 bridgehead atoms. The lowest BCUT2D eigenvalue weighted by Gasteiger charge is -2.34. The minimum atomic E-state index is -3.73. The second-order valence-corrected chi connectivity index (χ2v) is 10.3. The van der Waals surface area contributed by atoms with Gasteiger partial charge in [0.15, 0.2) is 0 Å². The molecule has 0 spiro atoms. The monoisotopic (exact) mass is 465 g/mol. The third-order valence-corrected chi connectivity index (χ3v) is 8.17. The molecule has 0 atom stereocenters. The SMILES string of the molecule is COc1cc(C)c(Cl)cc1S(=O)(=O)N1CCN(c2nc(C)cc(N3CCCC3)n2)CC1. The summed E-state index contributed by atoms with van der Waals surface area (Å²) in [5.41, 5.74) is 1.69. The average Bonchev–Trinajstić information content (AvgIpc) is 3.30. The van der Waals surface area contributed by atoms with Crippen LogP contribution < -0.4 is 14.5 Å². The second kappa shape index (κ2) is 8.80. The fourth-order valence-electron chi connectivity index (χ4n) is 4.05. The van der Waals surface area contributed by atoms with Gasteiger partial charge >= 0.3 is 0 Å². The number of halogens is 1. The van der Waals surface area contributed by atoms with Gasteiger partial charge in [-0.3, -0.25) is 0 Å².